The van der Waals surface area contributed by atoms with Crippen LogP contribution in [0.15, 0.2) is 41.4 Å². The Hall–Kier alpha value is -1.40. The SMILES string of the molecule is OC(c1ccncc1)(c1ccsc1)C(F)(F)F. The zero-order valence-electron chi connectivity index (χ0n) is 8.48. The van der Waals surface area contributed by atoms with Gasteiger partial charge in [0, 0.05) is 23.5 Å². The van der Waals surface area contributed by atoms with Crippen molar-refractivity contribution in [3.05, 3.63) is 52.5 Å². The third kappa shape index (κ3) is 1.94. The van der Waals surface area contributed by atoms with Crippen LogP contribution in [0.1, 0.15) is 11.1 Å². The standard InChI is InChI=1S/C11H8F3NOS/c12-11(13,14)10(16,9-3-6-17-7-9)8-1-4-15-5-2-8/h1-7,16H. The van der Waals surface area contributed by atoms with Gasteiger partial charge < -0.3 is 5.11 Å². The summed E-state index contributed by atoms with van der Waals surface area (Å²) in [5.41, 5.74) is -3.39. The van der Waals surface area contributed by atoms with Crippen molar-refractivity contribution in [3.63, 3.8) is 0 Å². The Morgan fingerprint density at radius 2 is 1.71 bits per heavy atom. The van der Waals surface area contributed by atoms with E-state index in [1.54, 1.807) is 0 Å². The van der Waals surface area contributed by atoms with Crippen LogP contribution in [-0.2, 0) is 5.60 Å². The number of aromatic nitrogens is 1. The largest absolute Gasteiger partial charge is 0.425 e. The molecule has 2 rings (SSSR count). The molecular weight excluding hydrogens is 251 g/mol. The van der Waals surface area contributed by atoms with Crippen molar-refractivity contribution in [2.75, 3.05) is 0 Å². The number of halogens is 3. The topological polar surface area (TPSA) is 33.1 Å². The monoisotopic (exact) mass is 259 g/mol. The zero-order chi connectivity index (χ0) is 12.5. The molecule has 0 amide bonds. The molecule has 1 unspecified atom stereocenters. The van der Waals surface area contributed by atoms with Crippen molar-refractivity contribution >= 4 is 11.3 Å². The van der Waals surface area contributed by atoms with Crippen LogP contribution in [0.4, 0.5) is 13.2 Å². The highest BCUT2D eigenvalue weighted by Gasteiger charge is 2.56. The van der Waals surface area contributed by atoms with E-state index in [9.17, 15) is 18.3 Å². The van der Waals surface area contributed by atoms with E-state index in [1.807, 2.05) is 0 Å². The van der Waals surface area contributed by atoms with Crippen LogP contribution in [0.2, 0.25) is 0 Å². The number of nitrogens with zero attached hydrogens (tertiary/aromatic N) is 1. The molecule has 0 aromatic carbocycles. The van der Waals surface area contributed by atoms with Gasteiger partial charge in [-0.15, -0.1) is 0 Å². The van der Waals surface area contributed by atoms with Crippen LogP contribution in [-0.4, -0.2) is 16.3 Å². The number of hydrogen-bond acceptors (Lipinski definition) is 3. The lowest BCUT2D eigenvalue weighted by atomic mass is 9.88. The van der Waals surface area contributed by atoms with Crippen LogP contribution in [0.25, 0.3) is 0 Å². The van der Waals surface area contributed by atoms with Crippen LogP contribution in [0.3, 0.4) is 0 Å². The first-order valence-electron chi connectivity index (χ1n) is 4.68. The molecule has 2 aromatic heterocycles. The summed E-state index contributed by atoms with van der Waals surface area (Å²) in [7, 11) is 0. The normalized spacial score (nSPS) is 15.5. The van der Waals surface area contributed by atoms with E-state index in [4.69, 9.17) is 0 Å². The number of aliphatic hydroxyl groups is 1. The van der Waals surface area contributed by atoms with Crippen molar-refractivity contribution in [1.82, 2.24) is 4.98 Å². The van der Waals surface area contributed by atoms with Gasteiger partial charge in [-0.1, -0.05) is 0 Å². The van der Waals surface area contributed by atoms with Gasteiger partial charge in [-0.05, 0) is 29.0 Å². The fraction of sp³-hybridized carbons (Fsp3) is 0.182. The van der Waals surface area contributed by atoms with Gasteiger partial charge in [-0.25, -0.2) is 0 Å². The fourth-order valence-corrected chi connectivity index (χ4v) is 2.26. The van der Waals surface area contributed by atoms with Gasteiger partial charge in [-0.3, -0.25) is 4.98 Å². The Kier molecular flexibility index (Phi) is 2.92. The minimum atomic E-state index is -4.78. The van der Waals surface area contributed by atoms with E-state index in [0.717, 1.165) is 23.5 Å². The summed E-state index contributed by atoms with van der Waals surface area (Å²) in [6.07, 6.45) is -2.34. The molecule has 0 fully saturated rings. The molecule has 0 saturated heterocycles. The van der Waals surface area contributed by atoms with E-state index in [0.29, 0.717) is 0 Å². The number of thiophene rings is 1. The molecule has 90 valence electrons. The van der Waals surface area contributed by atoms with Crippen molar-refractivity contribution < 1.29 is 18.3 Å². The molecule has 0 aliphatic rings. The maximum absolute atomic E-state index is 13.1. The first-order valence-corrected chi connectivity index (χ1v) is 5.63. The lowest BCUT2D eigenvalue weighted by molar-refractivity contribution is -0.248. The first-order chi connectivity index (χ1) is 7.96. The molecule has 0 aliphatic carbocycles. The van der Waals surface area contributed by atoms with E-state index >= 15 is 0 Å². The summed E-state index contributed by atoms with van der Waals surface area (Å²) < 4.78 is 39.3. The first kappa shape index (κ1) is 12.1. The highest BCUT2D eigenvalue weighted by atomic mass is 32.1. The average molecular weight is 259 g/mol. The molecule has 0 spiro atoms. The fourth-order valence-electron chi connectivity index (χ4n) is 1.56. The Morgan fingerprint density at radius 3 is 2.18 bits per heavy atom. The zero-order valence-corrected chi connectivity index (χ0v) is 9.29. The Morgan fingerprint density at radius 1 is 1.06 bits per heavy atom. The summed E-state index contributed by atoms with van der Waals surface area (Å²) in [5, 5.41) is 12.8. The summed E-state index contributed by atoms with van der Waals surface area (Å²) in [6, 6.07) is 3.58. The number of hydrogen-bond donors (Lipinski definition) is 1. The molecule has 0 radical (unpaired) electrons. The van der Waals surface area contributed by atoms with Crippen LogP contribution in [0, 0.1) is 0 Å². The molecule has 1 atom stereocenters. The van der Waals surface area contributed by atoms with Gasteiger partial charge in [0.25, 0.3) is 0 Å². The van der Waals surface area contributed by atoms with Gasteiger partial charge in [0.1, 0.15) is 0 Å². The molecule has 2 aromatic rings. The van der Waals surface area contributed by atoms with E-state index in [1.165, 1.54) is 29.2 Å². The lowest BCUT2D eigenvalue weighted by Gasteiger charge is -2.30. The van der Waals surface area contributed by atoms with Gasteiger partial charge >= 0.3 is 6.18 Å². The van der Waals surface area contributed by atoms with Crippen LogP contribution < -0.4 is 0 Å². The van der Waals surface area contributed by atoms with Crippen LogP contribution >= 0.6 is 11.3 Å². The Labute approximate surface area is 99.4 Å². The summed E-state index contributed by atoms with van der Waals surface area (Å²) >= 11 is 1.10. The van der Waals surface area contributed by atoms with Crippen molar-refractivity contribution in [2.24, 2.45) is 0 Å². The van der Waals surface area contributed by atoms with Crippen molar-refractivity contribution in [2.45, 2.75) is 11.8 Å². The second kappa shape index (κ2) is 4.12. The molecule has 0 aliphatic heterocycles. The van der Waals surface area contributed by atoms with Crippen molar-refractivity contribution in [3.8, 4) is 0 Å². The van der Waals surface area contributed by atoms with Gasteiger partial charge in [-0.2, -0.15) is 24.5 Å². The highest BCUT2D eigenvalue weighted by molar-refractivity contribution is 7.08. The molecule has 17 heavy (non-hydrogen) atoms. The highest BCUT2D eigenvalue weighted by Crippen LogP contribution is 2.44. The van der Waals surface area contributed by atoms with Crippen molar-refractivity contribution in [1.29, 1.82) is 0 Å². The predicted octanol–water partition coefficient (Wildman–Crippen LogP) is 2.94. The number of rotatable bonds is 2. The second-order valence-electron chi connectivity index (χ2n) is 3.46. The Bertz CT molecular complexity index is 483. The molecule has 2 nitrogen and oxygen atoms in total. The summed E-state index contributed by atoms with van der Waals surface area (Å²) in [5.74, 6) is 0. The third-order valence-electron chi connectivity index (χ3n) is 2.45. The molecule has 0 saturated carbocycles. The van der Waals surface area contributed by atoms with Gasteiger partial charge in [0.2, 0.25) is 5.60 Å². The predicted molar refractivity (Wildman–Crippen MR) is 57.6 cm³/mol. The lowest BCUT2D eigenvalue weighted by Crippen LogP contribution is -2.43. The minimum absolute atomic E-state index is 0.179. The second-order valence-corrected chi connectivity index (χ2v) is 4.24. The van der Waals surface area contributed by atoms with E-state index < -0.39 is 11.8 Å². The maximum Gasteiger partial charge on any atom is 0.425 e. The summed E-state index contributed by atoms with van der Waals surface area (Å²) in [6.45, 7) is 0. The van der Waals surface area contributed by atoms with Gasteiger partial charge in [0.05, 0.1) is 0 Å². The molecule has 1 N–H and O–H groups in total. The molecule has 0 bridgehead atoms. The molecular formula is C11H8F3NOS. The van der Waals surface area contributed by atoms with Gasteiger partial charge in [0.15, 0.2) is 0 Å². The average Bonchev–Trinajstić information content (AvgIpc) is 2.81. The molecule has 6 heteroatoms. The number of alkyl halides is 3. The number of pyridine rings is 1. The quantitative estimate of drug-likeness (QED) is 0.899. The smallest absolute Gasteiger partial charge is 0.372 e. The maximum atomic E-state index is 13.1. The third-order valence-corrected chi connectivity index (χ3v) is 3.13. The molecule has 2 heterocycles. The minimum Gasteiger partial charge on any atom is -0.372 e. The van der Waals surface area contributed by atoms with E-state index in [2.05, 4.69) is 4.98 Å². The van der Waals surface area contributed by atoms with E-state index in [-0.39, 0.29) is 11.1 Å². The Balaban J connectivity index is 2.61. The summed E-state index contributed by atoms with van der Waals surface area (Å²) in [4.78, 5) is 3.65. The van der Waals surface area contributed by atoms with Crippen LogP contribution in [0.5, 0.6) is 0 Å².